The van der Waals surface area contributed by atoms with E-state index in [1.54, 1.807) is 6.92 Å². The fourth-order valence-electron chi connectivity index (χ4n) is 1.50. The van der Waals surface area contributed by atoms with Crippen LogP contribution in [0.4, 0.5) is 0 Å². The van der Waals surface area contributed by atoms with Gasteiger partial charge in [-0.15, -0.1) is 0 Å². The number of methoxy groups -OCH3 is 1. The van der Waals surface area contributed by atoms with E-state index in [-0.39, 0.29) is 0 Å². The zero-order chi connectivity index (χ0) is 12.4. The topological polar surface area (TPSA) is 55.0 Å². The first-order valence-corrected chi connectivity index (χ1v) is 5.82. The summed E-state index contributed by atoms with van der Waals surface area (Å²) >= 11 is 3.37. The highest BCUT2D eigenvalue weighted by Gasteiger charge is 2.15. The molecule has 1 aromatic carbocycles. The largest absolute Gasteiger partial charge is 0.464 e. The van der Waals surface area contributed by atoms with Crippen molar-refractivity contribution in [1.29, 1.82) is 0 Å². The normalized spacial score (nSPS) is 10.3. The van der Waals surface area contributed by atoms with Crippen LogP contribution < -0.4 is 0 Å². The first-order valence-electron chi connectivity index (χ1n) is 5.02. The number of hydrogen-bond acceptors (Lipinski definition) is 3. The molecule has 1 N–H and O–H groups in total. The molecule has 0 unspecified atom stereocenters. The summed E-state index contributed by atoms with van der Waals surface area (Å²) < 4.78 is 5.65. The highest BCUT2D eigenvalue weighted by Crippen LogP contribution is 2.20. The molecule has 0 spiro atoms. The van der Waals surface area contributed by atoms with Crippen LogP contribution in [0.3, 0.4) is 0 Å². The molecule has 88 valence electrons. The Balaban J connectivity index is 2.41. The second kappa shape index (κ2) is 4.71. The molecule has 17 heavy (non-hydrogen) atoms. The molecule has 0 aliphatic heterocycles. The van der Waals surface area contributed by atoms with Gasteiger partial charge in [0.05, 0.1) is 7.11 Å². The summed E-state index contributed by atoms with van der Waals surface area (Å²) in [5, 5.41) is 0. The van der Waals surface area contributed by atoms with Gasteiger partial charge in [0.2, 0.25) is 0 Å². The smallest absolute Gasteiger partial charge is 0.358 e. The number of ether oxygens (including phenoxy) is 1. The number of halogens is 1. The summed E-state index contributed by atoms with van der Waals surface area (Å²) in [4.78, 5) is 18.7. The van der Waals surface area contributed by atoms with Gasteiger partial charge in [-0.25, -0.2) is 9.78 Å². The lowest BCUT2D eigenvalue weighted by atomic mass is 10.2. The first kappa shape index (κ1) is 11.9. The van der Waals surface area contributed by atoms with E-state index < -0.39 is 5.97 Å². The van der Waals surface area contributed by atoms with E-state index in [0.717, 1.165) is 10.0 Å². The zero-order valence-electron chi connectivity index (χ0n) is 9.45. The fourth-order valence-corrected chi connectivity index (χ4v) is 1.76. The fraction of sp³-hybridized carbons (Fsp3) is 0.167. The summed E-state index contributed by atoms with van der Waals surface area (Å²) in [6, 6.07) is 7.68. The van der Waals surface area contributed by atoms with Crippen LogP contribution in [0, 0.1) is 6.92 Å². The molecular weight excluding hydrogens is 284 g/mol. The monoisotopic (exact) mass is 294 g/mol. The Labute approximate surface area is 107 Å². The Bertz CT molecular complexity index is 546. The molecule has 0 bridgehead atoms. The van der Waals surface area contributed by atoms with E-state index in [9.17, 15) is 4.79 Å². The number of benzene rings is 1. The molecule has 0 atom stereocenters. The van der Waals surface area contributed by atoms with E-state index >= 15 is 0 Å². The second-order valence-corrected chi connectivity index (χ2v) is 4.47. The Kier molecular flexibility index (Phi) is 3.28. The average Bonchev–Trinajstić information content (AvgIpc) is 2.71. The number of nitrogens with zero attached hydrogens (tertiary/aromatic N) is 1. The van der Waals surface area contributed by atoms with Gasteiger partial charge in [-0.3, -0.25) is 0 Å². The number of hydrogen-bond donors (Lipinski definition) is 1. The molecule has 2 aromatic rings. The minimum Gasteiger partial charge on any atom is -0.464 e. The van der Waals surface area contributed by atoms with Crippen LogP contribution in [-0.2, 0) is 4.74 Å². The molecule has 5 heteroatoms. The third-order valence-corrected chi connectivity index (χ3v) is 2.91. The third kappa shape index (κ3) is 2.39. The SMILES string of the molecule is COC(=O)c1nc(-c2ccc(Br)cc2)[nH]c1C. The zero-order valence-corrected chi connectivity index (χ0v) is 11.0. The minimum absolute atomic E-state index is 0.324. The molecule has 0 saturated heterocycles. The van der Waals surface area contributed by atoms with Crippen LogP contribution >= 0.6 is 15.9 Å². The summed E-state index contributed by atoms with van der Waals surface area (Å²) in [6.45, 7) is 1.79. The maximum Gasteiger partial charge on any atom is 0.358 e. The lowest BCUT2D eigenvalue weighted by molar-refractivity contribution is 0.0594. The predicted molar refractivity (Wildman–Crippen MR) is 67.8 cm³/mol. The van der Waals surface area contributed by atoms with Gasteiger partial charge in [0.15, 0.2) is 5.69 Å². The molecule has 4 nitrogen and oxygen atoms in total. The standard InChI is InChI=1S/C12H11BrN2O2/c1-7-10(12(16)17-2)15-11(14-7)8-3-5-9(13)6-4-8/h3-6H,1-2H3,(H,14,15). The molecule has 0 saturated carbocycles. The predicted octanol–water partition coefficient (Wildman–Crippen LogP) is 2.93. The van der Waals surface area contributed by atoms with Crippen molar-refractivity contribution in [2.24, 2.45) is 0 Å². The number of esters is 1. The molecular formula is C12H11BrN2O2. The van der Waals surface area contributed by atoms with Crippen LogP contribution in [-0.4, -0.2) is 23.0 Å². The number of rotatable bonds is 2. The van der Waals surface area contributed by atoms with Crippen LogP contribution in [0.2, 0.25) is 0 Å². The van der Waals surface area contributed by atoms with Crippen molar-refractivity contribution in [2.45, 2.75) is 6.92 Å². The van der Waals surface area contributed by atoms with Crippen molar-refractivity contribution >= 4 is 21.9 Å². The molecule has 0 aliphatic rings. The van der Waals surface area contributed by atoms with Crippen molar-refractivity contribution in [2.75, 3.05) is 7.11 Å². The number of aryl methyl sites for hydroxylation is 1. The van der Waals surface area contributed by atoms with Gasteiger partial charge in [0.1, 0.15) is 5.82 Å². The van der Waals surface area contributed by atoms with Gasteiger partial charge in [0.25, 0.3) is 0 Å². The summed E-state index contributed by atoms with van der Waals surface area (Å²) in [5.74, 6) is 0.234. The average molecular weight is 295 g/mol. The van der Waals surface area contributed by atoms with E-state index in [0.29, 0.717) is 17.2 Å². The number of aromatic amines is 1. The lowest BCUT2D eigenvalue weighted by Gasteiger charge is -1.96. The van der Waals surface area contributed by atoms with Crippen LogP contribution in [0.1, 0.15) is 16.2 Å². The number of H-pyrrole nitrogens is 1. The van der Waals surface area contributed by atoms with Crippen molar-refractivity contribution in [3.05, 3.63) is 40.1 Å². The number of carbonyl (C=O) groups excluding carboxylic acids is 1. The Hall–Kier alpha value is -1.62. The highest BCUT2D eigenvalue weighted by atomic mass is 79.9. The summed E-state index contributed by atoms with van der Waals surface area (Å²) in [6.07, 6.45) is 0. The van der Waals surface area contributed by atoms with Gasteiger partial charge in [-0.2, -0.15) is 0 Å². The molecule has 0 fully saturated rings. The van der Waals surface area contributed by atoms with Crippen LogP contribution in [0.5, 0.6) is 0 Å². The molecule has 2 rings (SSSR count). The highest BCUT2D eigenvalue weighted by molar-refractivity contribution is 9.10. The van der Waals surface area contributed by atoms with Gasteiger partial charge in [-0.1, -0.05) is 28.1 Å². The number of imidazole rings is 1. The lowest BCUT2D eigenvalue weighted by Crippen LogP contribution is -2.03. The first-order chi connectivity index (χ1) is 8.11. The molecule has 0 amide bonds. The van der Waals surface area contributed by atoms with Crippen molar-refractivity contribution in [3.63, 3.8) is 0 Å². The van der Waals surface area contributed by atoms with E-state index in [2.05, 4.69) is 30.6 Å². The van der Waals surface area contributed by atoms with E-state index in [4.69, 9.17) is 0 Å². The molecule has 1 heterocycles. The van der Waals surface area contributed by atoms with Gasteiger partial charge in [0, 0.05) is 15.7 Å². The molecule has 0 aliphatic carbocycles. The second-order valence-electron chi connectivity index (χ2n) is 3.56. The minimum atomic E-state index is -0.429. The quantitative estimate of drug-likeness (QED) is 0.867. The van der Waals surface area contributed by atoms with E-state index in [1.807, 2.05) is 24.3 Å². The van der Waals surface area contributed by atoms with Crippen LogP contribution in [0.15, 0.2) is 28.7 Å². The van der Waals surface area contributed by atoms with Gasteiger partial charge in [-0.05, 0) is 19.1 Å². The third-order valence-electron chi connectivity index (χ3n) is 2.38. The number of nitrogens with one attached hydrogen (secondary N) is 1. The molecule has 0 radical (unpaired) electrons. The Morgan fingerprint density at radius 3 is 2.59 bits per heavy atom. The Morgan fingerprint density at radius 1 is 1.35 bits per heavy atom. The van der Waals surface area contributed by atoms with E-state index in [1.165, 1.54) is 7.11 Å². The summed E-state index contributed by atoms with van der Waals surface area (Å²) in [5.41, 5.74) is 1.95. The number of carbonyl (C=O) groups is 1. The molecule has 1 aromatic heterocycles. The van der Waals surface area contributed by atoms with Gasteiger partial charge >= 0.3 is 5.97 Å². The maximum absolute atomic E-state index is 11.4. The Morgan fingerprint density at radius 2 is 2.00 bits per heavy atom. The van der Waals surface area contributed by atoms with Crippen molar-refractivity contribution in [1.82, 2.24) is 9.97 Å². The van der Waals surface area contributed by atoms with Crippen molar-refractivity contribution < 1.29 is 9.53 Å². The van der Waals surface area contributed by atoms with Gasteiger partial charge < -0.3 is 9.72 Å². The number of aromatic nitrogens is 2. The van der Waals surface area contributed by atoms with Crippen molar-refractivity contribution in [3.8, 4) is 11.4 Å². The maximum atomic E-state index is 11.4. The van der Waals surface area contributed by atoms with Crippen LogP contribution in [0.25, 0.3) is 11.4 Å². The summed E-state index contributed by atoms with van der Waals surface area (Å²) in [7, 11) is 1.34.